The van der Waals surface area contributed by atoms with Crippen molar-refractivity contribution in [2.24, 2.45) is 5.92 Å². The first-order valence-corrected chi connectivity index (χ1v) is 9.82. The molecule has 1 amide bonds. The molecule has 0 atom stereocenters. The van der Waals surface area contributed by atoms with Crippen molar-refractivity contribution < 1.29 is 4.79 Å². The quantitative estimate of drug-likeness (QED) is 0.777. The molecule has 0 unspecified atom stereocenters. The Balaban J connectivity index is 1.44. The second-order valence-electron chi connectivity index (χ2n) is 6.98. The summed E-state index contributed by atoms with van der Waals surface area (Å²) in [6.07, 6.45) is 3.57. The SMILES string of the molecule is Cc1c(NCC2CCN(C(=O)CNc3ccccc3Cl)CC2)ccnc1C#N. The first kappa shape index (κ1) is 20.0. The lowest BCUT2D eigenvalue weighted by Gasteiger charge is -2.32. The van der Waals surface area contributed by atoms with Crippen LogP contribution in [-0.2, 0) is 4.79 Å². The monoisotopic (exact) mass is 397 g/mol. The molecule has 7 heteroatoms. The Bertz CT molecular complexity index is 871. The van der Waals surface area contributed by atoms with Crippen molar-refractivity contribution >= 4 is 28.9 Å². The number of pyridine rings is 1. The molecule has 1 aromatic heterocycles. The summed E-state index contributed by atoms with van der Waals surface area (Å²) in [5.41, 5.74) is 3.06. The third-order valence-electron chi connectivity index (χ3n) is 5.16. The highest BCUT2D eigenvalue weighted by atomic mass is 35.5. The molecule has 0 bridgehead atoms. The standard InChI is InChI=1S/C21H24ClN5O/c1-15-18(6-9-24-20(15)12-23)25-13-16-7-10-27(11-8-16)21(28)14-26-19-5-3-2-4-17(19)22/h2-6,9,16,26H,7-8,10-11,13-14H2,1H3,(H,24,25). The summed E-state index contributed by atoms with van der Waals surface area (Å²) in [4.78, 5) is 18.4. The van der Waals surface area contributed by atoms with Crippen LogP contribution in [0.2, 0.25) is 5.02 Å². The molecule has 146 valence electrons. The van der Waals surface area contributed by atoms with Crippen LogP contribution in [0.1, 0.15) is 24.1 Å². The van der Waals surface area contributed by atoms with Gasteiger partial charge in [0.1, 0.15) is 11.8 Å². The van der Waals surface area contributed by atoms with Crippen LogP contribution in [0.4, 0.5) is 11.4 Å². The van der Waals surface area contributed by atoms with Gasteiger partial charge in [-0.15, -0.1) is 0 Å². The number of anilines is 2. The number of carbonyl (C=O) groups excluding carboxylic acids is 1. The summed E-state index contributed by atoms with van der Waals surface area (Å²) in [6, 6.07) is 11.4. The van der Waals surface area contributed by atoms with Crippen LogP contribution >= 0.6 is 11.6 Å². The van der Waals surface area contributed by atoms with Gasteiger partial charge in [0, 0.05) is 37.1 Å². The molecule has 0 aliphatic carbocycles. The molecule has 1 aliphatic heterocycles. The van der Waals surface area contributed by atoms with Gasteiger partial charge in [-0.25, -0.2) is 4.98 Å². The van der Waals surface area contributed by atoms with Gasteiger partial charge in [0.15, 0.2) is 0 Å². The van der Waals surface area contributed by atoms with Gasteiger partial charge in [0.25, 0.3) is 0 Å². The fourth-order valence-corrected chi connectivity index (χ4v) is 3.57. The molecule has 6 nitrogen and oxygen atoms in total. The van der Waals surface area contributed by atoms with Gasteiger partial charge < -0.3 is 15.5 Å². The van der Waals surface area contributed by atoms with Crippen molar-refractivity contribution in [2.75, 3.05) is 36.8 Å². The number of aromatic nitrogens is 1. The predicted molar refractivity (Wildman–Crippen MR) is 111 cm³/mol. The Kier molecular flexibility index (Phi) is 6.72. The lowest BCUT2D eigenvalue weighted by Crippen LogP contribution is -2.42. The van der Waals surface area contributed by atoms with E-state index >= 15 is 0 Å². The van der Waals surface area contributed by atoms with Crippen molar-refractivity contribution in [3.63, 3.8) is 0 Å². The number of piperidine rings is 1. The smallest absolute Gasteiger partial charge is 0.241 e. The molecule has 1 saturated heterocycles. The van der Waals surface area contributed by atoms with Gasteiger partial charge >= 0.3 is 0 Å². The predicted octanol–water partition coefficient (Wildman–Crippen LogP) is 3.68. The van der Waals surface area contributed by atoms with Crippen LogP contribution in [-0.4, -0.2) is 42.0 Å². The van der Waals surface area contributed by atoms with E-state index in [0.717, 1.165) is 49.4 Å². The maximum absolute atomic E-state index is 12.5. The molecule has 28 heavy (non-hydrogen) atoms. The van der Waals surface area contributed by atoms with Gasteiger partial charge in [-0.3, -0.25) is 4.79 Å². The minimum absolute atomic E-state index is 0.0926. The lowest BCUT2D eigenvalue weighted by atomic mass is 9.96. The van der Waals surface area contributed by atoms with E-state index < -0.39 is 0 Å². The Morgan fingerprint density at radius 3 is 2.71 bits per heavy atom. The third-order valence-corrected chi connectivity index (χ3v) is 5.49. The molecule has 1 fully saturated rings. The molecule has 0 saturated carbocycles. The molecule has 1 aromatic carbocycles. The zero-order valence-corrected chi connectivity index (χ0v) is 16.7. The molecule has 3 rings (SSSR count). The number of hydrogen-bond donors (Lipinski definition) is 2. The first-order valence-electron chi connectivity index (χ1n) is 9.44. The van der Waals surface area contributed by atoms with Crippen LogP contribution in [0, 0.1) is 24.2 Å². The van der Waals surface area contributed by atoms with E-state index in [1.807, 2.05) is 36.1 Å². The molecular weight excluding hydrogens is 374 g/mol. The molecule has 2 aromatic rings. The lowest BCUT2D eigenvalue weighted by molar-refractivity contribution is -0.130. The average Bonchev–Trinajstić information content (AvgIpc) is 2.72. The van der Waals surface area contributed by atoms with Crippen molar-refractivity contribution in [3.8, 4) is 6.07 Å². The minimum Gasteiger partial charge on any atom is -0.384 e. The fraction of sp³-hybridized carbons (Fsp3) is 0.381. The summed E-state index contributed by atoms with van der Waals surface area (Å²) < 4.78 is 0. The van der Waals surface area contributed by atoms with Gasteiger partial charge in [0.2, 0.25) is 5.91 Å². The van der Waals surface area contributed by atoms with Crippen molar-refractivity contribution in [1.82, 2.24) is 9.88 Å². The molecule has 0 radical (unpaired) electrons. The van der Waals surface area contributed by atoms with Crippen LogP contribution in [0.5, 0.6) is 0 Å². The Labute approximate surface area is 170 Å². The van der Waals surface area contributed by atoms with Crippen molar-refractivity contribution in [3.05, 3.63) is 52.8 Å². The summed E-state index contributed by atoms with van der Waals surface area (Å²) in [5, 5.41) is 16.2. The number of benzene rings is 1. The van der Waals surface area contributed by atoms with E-state index in [2.05, 4.69) is 21.7 Å². The molecule has 0 spiro atoms. The molecular formula is C21H24ClN5O. The molecule has 2 N–H and O–H groups in total. The number of nitrogens with one attached hydrogen (secondary N) is 2. The van der Waals surface area contributed by atoms with Crippen LogP contribution in [0.25, 0.3) is 0 Å². The number of halogens is 1. The number of amides is 1. The topological polar surface area (TPSA) is 81.1 Å². The van der Waals surface area contributed by atoms with E-state index in [4.69, 9.17) is 16.9 Å². The first-order chi connectivity index (χ1) is 13.6. The van der Waals surface area contributed by atoms with E-state index in [0.29, 0.717) is 16.6 Å². The summed E-state index contributed by atoms with van der Waals surface area (Å²) in [5.74, 6) is 0.591. The largest absolute Gasteiger partial charge is 0.384 e. The number of para-hydroxylation sites is 1. The second kappa shape index (κ2) is 9.43. The minimum atomic E-state index is 0.0926. The van der Waals surface area contributed by atoms with Gasteiger partial charge in [-0.1, -0.05) is 23.7 Å². The maximum Gasteiger partial charge on any atom is 0.241 e. The number of hydrogen-bond acceptors (Lipinski definition) is 5. The number of rotatable bonds is 6. The van der Waals surface area contributed by atoms with Gasteiger partial charge in [-0.2, -0.15) is 5.26 Å². The number of carbonyl (C=O) groups is 1. The highest BCUT2D eigenvalue weighted by Gasteiger charge is 2.22. The van der Waals surface area contributed by atoms with Crippen molar-refractivity contribution in [1.29, 1.82) is 5.26 Å². The van der Waals surface area contributed by atoms with Gasteiger partial charge in [-0.05, 0) is 43.9 Å². The molecule has 1 aliphatic rings. The van der Waals surface area contributed by atoms with E-state index in [-0.39, 0.29) is 12.5 Å². The average molecular weight is 398 g/mol. The van der Waals surface area contributed by atoms with Crippen molar-refractivity contribution in [2.45, 2.75) is 19.8 Å². The Hall–Kier alpha value is -2.78. The Morgan fingerprint density at radius 1 is 1.25 bits per heavy atom. The van der Waals surface area contributed by atoms with E-state index in [1.165, 1.54) is 0 Å². The third kappa shape index (κ3) is 4.93. The van der Waals surface area contributed by atoms with Crippen LogP contribution in [0.15, 0.2) is 36.5 Å². The van der Waals surface area contributed by atoms with Crippen LogP contribution in [0.3, 0.4) is 0 Å². The van der Waals surface area contributed by atoms with Gasteiger partial charge in [0.05, 0.1) is 17.3 Å². The van der Waals surface area contributed by atoms with Crippen LogP contribution < -0.4 is 10.6 Å². The summed E-state index contributed by atoms with van der Waals surface area (Å²) >= 11 is 6.11. The van der Waals surface area contributed by atoms with E-state index in [9.17, 15) is 4.79 Å². The highest BCUT2D eigenvalue weighted by Crippen LogP contribution is 2.22. The zero-order valence-electron chi connectivity index (χ0n) is 15.9. The fourth-order valence-electron chi connectivity index (χ4n) is 3.37. The summed E-state index contributed by atoms with van der Waals surface area (Å²) in [7, 11) is 0. The number of likely N-dealkylation sites (tertiary alicyclic amines) is 1. The van der Waals surface area contributed by atoms with E-state index in [1.54, 1.807) is 12.3 Å². The Morgan fingerprint density at radius 2 is 2.00 bits per heavy atom. The highest BCUT2D eigenvalue weighted by molar-refractivity contribution is 6.33. The normalized spacial score (nSPS) is 14.4. The number of nitrogens with zero attached hydrogens (tertiary/aromatic N) is 3. The maximum atomic E-state index is 12.5. The molecule has 2 heterocycles. The second-order valence-corrected chi connectivity index (χ2v) is 7.39. The zero-order chi connectivity index (χ0) is 19.9. The number of nitriles is 1. The summed E-state index contributed by atoms with van der Waals surface area (Å²) in [6.45, 7) is 4.50.